The molecule has 0 saturated heterocycles. The van der Waals surface area contributed by atoms with Crippen LogP contribution in [0.2, 0.25) is 0 Å². The summed E-state index contributed by atoms with van der Waals surface area (Å²) in [4.78, 5) is 25.1. The van der Waals surface area contributed by atoms with E-state index >= 15 is 0 Å². The Kier molecular flexibility index (Phi) is 5.05. The van der Waals surface area contributed by atoms with Crippen LogP contribution >= 0.6 is 0 Å². The fourth-order valence-electron chi connectivity index (χ4n) is 4.01. The van der Waals surface area contributed by atoms with Crippen LogP contribution in [-0.2, 0) is 16.4 Å². The van der Waals surface area contributed by atoms with Crippen molar-refractivity contribution >= 4 is 33.1 Å². The minimum Gasteiger partial charge on any atom is -0.454 e. The molecule has 0 spiro atoms. The van der Waals surface area contributed by atoms with Gasteiger partial charge in [-0.05, 0) is 49.2 Å². The molecule has 2 aliphatic heterocycles. The lowest BCUT2D eigenvalue weighted by atomic mass is 10.1. The number of carbonyl (C=O) groups is 2. The Bertz CT molecular complexity index is 1400. The van der Waals surface area contributed by atoms with Gasteiger partial charge in [0.2, 0.25) is 6.79 Å². The zero-order valence-corrected chi connectivity index (χ0v) is 18.5. The van der Waals surface area contributed by atoms with Crippen LogP contribution in [0.15, 0.2) is 65.6 Å². The molecule has 9 heteroatoms. The van der Waals surface area contributed by atoms with E-state index in [1.54, 1.807) is 12.1 Å². The van der Waals surface area contributed by atoms with E-state index in [2.05, 4.69) is 5.32 Å². The summed E-state index contributed by atoms with van der Waals surface area (Å²) in [6.07, 6.45) is 0.632. The number of sulfonamides is 1. The number of Topliss-reactive ketones (excluding diaryl/α,β-unsaturated/α-hetero) is 1. The first-order valence-electron chi connectivity index (χ1n) is 10.3. The molecular formula is C24H20N2O6S. The van der Waals surface area contributed by atoms with Gasteiger partial charge in [0.25, 0.3) is 15.9 Å². The minimum atomic E-state index is -3.85. The molecule has 0 aromatic heterocycles. The Hall–Kier alpha value is -3.85. The van der Waals surface area contributed by atoms with E-state index < -0.39 is 15.9 Å². The van der Waals surface area contributed by atoms with Crippen molar-refractivity contribution in [1.82, 2.24) is 0 Å². The molecule has 5 rings (SSSR count). The van der Waals surface area contributed by atoms with Crippen LogP contribution in [0, 0.1) is 0 Å². The van der Waals surface area contributed by atoms with Gasteiger partial charge in [-0.2, -0.15) is 0 Å². The van der Waals surface area contributed by atoms with Crippen LogP contribution in [-0.4, -0.2) is 33.4 Å². The van der Waals surface area contributed by atoms with Gasteiger partial charge in [-0.25, -0.2) is 8.42 Å². The number of nitrogens with one attached hydrogen (secondary N) is 1. The molecule has 0 aliphatic carbocycles. The molecule has 1 amide bonds. The largest absolute Gasteiger partial charge is 0.454 e. The monoisotopic (exact) mass is 464 g/mol. The number of para-hydroxylation sites is 1. The first-order chi connectivity index (χ1) is 15.8. The van der Waals surface area contributed by atoms with Crippen LogP contribution in [0.1, 0.15) is 33.2 Å². The summed E-state index contributed by atoms with van der Waals surface area (Å²) in [5.74, 6) is 0.0411. The van der Waals surface area contributed by atoms with Crippen LogP contribution in [0.25, 0.3) is 0 Å². The van der Waals surface area contributed by atoms with Gasteiger partial charge in [-0.3, -0.25) is 13.9 Å². The first kappa shape index (κ1) is 21.0. The number of ether oxygens (including phenoxy) is 2. The van der Waals surface area contributed by atoms with Crippen LogP contribution in [0.3, 0.4) is 0 Å². The van der Waals surface area contributed by atoms with Gasteiger partial charge in [0.15, 0.2) is 17.3 Å². The first-order valence-corrected chi connectivity index (χ1v) is 11.8. The highest BCUT2D eigenvalue weighted by molar-refractivity contribution is 7.92. The third kappa shape index (κ3) is 3.70. The summed E-state index contributed by atoms with van der Waals surface area (Å²) in [7, 11) is -3.85. The van der Waals surface area contributed by atoms with E-state index in [4.69, 9.17) is 9.47 Å². The van der Waals surface area contributed by atoms with Gasteiger partial charge < -0.3 is 14.8 Å². The molecule has 33 heavy (non-hydrogen) atoms. The summed E-state index contributed by atoms with van der Waals surface area (Å²) in [5.41, 5.74) is 2.30. The zero-order valence-electron chi connectivity index (χ0n) is 17.7. The van der Waals surface area contributed by atoms with Crippen molar-refractivity contribution in [3.8, 4) is 11.5 Å². The van der Waals surface area contributed by atoms with Gasteiger partial charge in [-0.1, -0.05) is 24.3 Å². The van der Waals surface area contributed by atoms with Crippen molar-refractivity contribution in [1.29, 1.82) is 0 Å². The molecular weight excluding hydrogens is 444 g/mol. The number of anilines is 2. The molecule has 3 aromatic rings. The molecule has 168 valence electrons. The number of hydrogen-bond donors (Lipinski definition) is 1. The summed E-state index contributed by atoms with van der Waals surface area (Å²) in [6.45, 7) is 1.76. The summed E-state index contributed by atoms with van der Waals surface area (Å²) in [6, 6.07) is 16.3. The number of hydrogen-bond acceptors (Lipinski definition) is 6. The number of fused-ring (bicyclic) bond motifs is 2. The number of carbonyl (C=O) groups excluding carboxylic acids is 2. The molecule has 2 heterocycles. The van der Waals surface area contributed by atoms with Crippen molar-refractivity contribution in [3.05, 3.63) is 77.4 Å². The van der Waals surface area contributed by atoms with Gasteiger partial charge in [-0.15, -0.1) is 0 Å². The Labute approximate surface area is 190 Å². The van der Waals surface area contributed by atoms with E-state index in [0.29, 0.717) is 30.2 Å². The topological polar surface area (TPSA) is 102 Å². The Morgan fingerprint density at radius 2 is 1.73 bits per heavy atom. The highest BCUT2D eigenvalue weighted by Crippen LogP contribution is 2.37. The fourth-order valence-corrected chi connectivity index (χ4v) is 5.56. The quantitative estimate of drug-likeness (QED) is 0.579. The van der Waals surface area contributed by atoms with Crippen molar-refractivity contribution < 1.29 is 27.5 Å². The molecule has 0 unspecified atom stereocenters. The number of amides is 1. The zero-order chi connectivity index (χ0) is 23.2. The SMILES string of the molecule is CC(=O)c1cc2c(cc1NC(=O)c1cccc(S(=O)(=O)N3CCc4ccccc43)c1)OCO2. The molecule has 0 fully saturated rings. The summed E-state index contributed by atoms with van der Waals surface area (Å²) in [5, 5.41) is 2.70. The predicted molar refractivity (Wildman–Crippen MR) is 122 cm³/mol. The van der Waals surface area contributed by atoms with Crippen LogP contribution < -0.4 is 19.1 Å². The lowest BCUT2D eigenvalue weighted by Crippen LogP contribution is -2.29. The van der Waals surface area contributed by atoms with Gasteiger partial charge in [0.1, 0.15) is 0 Å². The summed E-state index contributed by atoms with van der Waals surface area (Å²) >= 11 is 0. The molecule has 2 aliphatic rings. The Morgan fingerprint density at radius 1 is 0.970 bits per heavy atom. The average Bonchev–Trinajstić information content (AvgIpc) is 3.45. The average molecular weight is 464 g/mol. The van der Waals surface area contributed by atoms with Crippen LogP contribution in [0.5, 0.6) is 11.5 Å². The van der Waals surface area contributed by atoms with Crippen molar-refractivity contribution in [2.75, 3.05) is 23.0 Å². The fraction of sp³-hybridized carbons (Fsp3) is 0.167. The maximum atomic E-state index is 13.3. The minimum absolute atomic E-state index is 0.0179. The second-order valence-electron chi connectivity index (χ2n) is 7.75. The normalized spacial score (nSPS) is 14.2. The third-order valence-electron chi connectivity index (χ3n) is 5.67. The number of nitrogens with zero attached hydrogens (tertiary/aromatic N) is 1. The second kappa shape index (κ2) is 7.93. The molecule has 8 nitrogen and oxygen atoms in total. The van der Waals surface area contributed by atoms with E-state index in [0.717, 1.165) is 5.56 Å². The van der Waals surface area contributed by atoms with E-state index in [9.17, 15) is 18.0 Å². The third-order valence-corrected chi connectivity index (χ3v) is 7.48. The van der Waals surface area contributed by atoms with Gasteiger partial charge in [0.05, 0.1) is 16.3 Å². The van der Waals surface area contributed by atoms with Gasteiger partial charge in [0, 0.05) is 23.7 Å². The number of ketones is 1. The number of benzene rings is 3. The molecule has 1 N–H and O–H groups in total. The highest BCUT2D eigenvalue weighted by Gasteiger charge is 2.31. The molecule has 0 bridgehead atoms. The van der Waals surface area contributed by atoms with Crippen LogP contribution in [0.4, 0.5) is 11.4 Å². The van der Waals surface area contributed by atoms with Crippen molar-refractivity contribution in [3.63, 3.8) is 0 Å². The van der Waals surface area contributed by atoms with E-state index in [-0.39, 0.29) is 34.3 Å². The molecule has 0 radical (unpaired) electrons. The standard InChI is InChI=1S/C24H20N2O6S/c1-15(27)19-12-22-23(32-14-31-22)13-20(19)25-24(28)17-6-4-7-18(11-17)33(29,30)26-10-9-16-5-2-3-8-21(16)26/h2-8,11-13H,9-10,14H2,1H3,(H,25,28). The Balaban J connectivity index is 1.45. The maximum absolute atomic E-state index is 13.3. The van der Waals surface area contributed by atoms with Crippen molar-refractivity contribution in [2.24, 2.45) is 0 Å². The smallest absolute Gasteiger partial charge is 0.264 e. The highest BCUT2D eigenvalue weighted by atomic mass is 32.2. The Morgan fingerprint density at radius 3 is 2.52 bits per heavy atom. The van der Waals surface area contributed by atoms with Gasteiger partial charge >= 0.3 is 0 Å². The molecule has 0 atom stereocenters. The second-order valence-corrected chi connectivity index (χ2v) is 9.61. The van der Waals surface area contributed by atoms with E-state index in [1.807, 2.05) is 12.1 Å². The lowest BCUT2D eigenvalue weighted by molar-refractivity contribution is 0.101. The molecule has 0 saturated carbocycles. The maximum Gasteiger partial charge on any atom is 0.264 e. The van der Waals surface area contributed by atoms with Crippen molar-refractivity contribution in [2.45, 2.75) is 18.2 Å². The molecule has 3 aromatic carbocycles. The lowest BCUT2D eigenvalue weighted by Gasteiger charge is -2.20. The summed E-state index contributed by atoms with van der Waals surface area (Å²) < 4.78 is 38.7. The predicted octanol–water partition coefficient (Wildman–Crippen LogP) is 3.62. The number of rotatable bonds is 5. The van der Waals surface area contributed by atoms with E-state index in [1.165, 1.54) is 47.6 Å².